The number of thioether (sulfide) groups is 2. The van der Waals surface area contributed by atoms with Crippen LogP contribution in [0.2, 0.25) is 0 Å². The minimum atomic E-state index is -0.298. The van der Waals surface area contributed by atoms with E-state index in [2.05, 4.69) is 6.92 Å². The van der Waals surface area contributed by atoms with Gasteiger partial charge < -0.3 is 10.6 Å². The molecule has 1 heterocycles. The molecule has 0 aromatic heterocycles. The van der Waals surface area contributed by atoms with Gasteiger partial charge in [0.1, 0.15) is 0 Å². The maximum atomic E-state index is 12.0. The molecule has 1 aliphatic heterocycles. The maximum absolute atomic E-state index is 12.0. The predicted molar refractivity (Wildman–Crippen MR) is 74.1 cm³/mol. The molecule has 1 aliphatic rings. The molecule has 0 radical (unpaired) electrons. The van der Waals surface area contributed by atoms with E-state index in [1.54, 1.807) is 11.8 Å². The average molecular weight is 262 g/mol. The van der Waals surface area contributed by atoms with Gasteiger partial charge in [-0.1, -0.05) is 6.92 Å². The number of nitrogens with two attached hydrogens (primary N) is 1. The summed E-state index contributed by atoms with van der Waals surface area (Å²) in [6.07, 6.45) is 3.97. The predicted octanol–water partition coefficient (Wildman–Crippen LogP) is 1.42. The van der Waals surface area contributed by atoms with Gasteiger partial charge in [0.05, 0.1) is 6.04 Å². The van der Waals surface area contributed by atoms with Crippen molar-refractivity contribution in [3.05, 3.63) is 0 Å². The molecule has 5 heteroatoms. The molecule has 1 fully saturated rings. The van der Waals surface area contributed by atoms with E-state index in [0.29, 0.717) is 5.25 Å². The van der Waals surface area contributed by atoms with Gasteiger partial charge in [-0.2, -0.15) is 23.5 Å². The van der Waals surface area contributed by atoms with E-state index in [1.807, 2.05) is 22.9 Å². The smallest absolute Gasteiger partial charge is 0.239 e. The number of nitrogens with zero attached hydrogens (tertiary/aromatic N) is 1. The van der Waals surface area contributed by atoms with E-state index in [0.717, 1.165) is 37.4 Å². The summed E-state index contributed by atoms with van der Waals surface area (Å²) in [5.74, 6) is 2.17. The monoisotopic (exact) mass is 262 g/mol. The van der Waals surface area contributed by atoms with Crippen molar-refractivity contribution in [2.45, 2.75) is 31.1 Å². The van der Waals surface area contributed by atoms with Crippen molar-refractivity contribution in [3.63, 3.8) is 0 Å². The van der Waals surface area contributed by atoms with E-state index >= 15 is 0 Å². The molecular formula is C11H22N2OS2. The molecule has 2 atom stereocenters. The quantitative estimate of drug-likeness (QED) is 0.814. The van der Waals surface area contributed by atoms with Crippen molar-refractivity contribution < 1.29 is 4.79 Å². The van der Waals surface area contributed by atoms with Gasteiger partial charge in [-0.05, 0) is 24.9 Å². The Morgan fingerprint density at radius 1 is 1.69 bits per heavy atom. The van der Waals surface area contributed by atoms with Crippen LogP contribution in [0.1, 0.15) is 19.8 Å². The molecule has 0 aromatic carbocycles. The standard InChI is InChI=1S/C11H22N2OS2/c1-3-9-8-13(5-7-16-9)11(14)10(12)4-6-15-2/h9-10H,3-8,12H2,1-2H3/t9?,10-/m0/s1. The van der Waals surface area contributed by atoms with Gasteiger partial charge in [0.15, 0.2) is 0 Å². The second-order valence-corrected chi connectivity index (χ2v) is 6.47. The lowest BCUT2D eigenvalue weighted by Crippen LogP contribution is -2.49. The fourth-order valence-electron chi connectivity index (χ4n) is 1.77. The molecule has 94 valence electrons. The Hall–Kier alpha value is 0.130. The van der Waals surface area contributed by atoms with Crippen molar-refractivity contribution in [1.82, 2.24) is 4.90 Å². The van der Waals surface area contributed by atoms with Crippen molar-refractivity contribution in [3.8, 4) is 0 Å². The minimum Gasteiger partial charge on any atom is -0.339 e. The normalized spacial score (nSPS) is 23.2. The fourth-order valence-corrected chi connectivity index (χ4v) is 3.44. The molecule has 0 bridgehead atoms. The summed E-state index contributed by atoms with van der Waals surface area (Å²) in [5.41, 5.74) is 5.91. The summed E-state index contributed by atoms with van der Waals surface area (Å²) in [7, 11) is 0. The summed E-state index contributed by atoms with van der Waals surface area (Å²) >= 11 is 3.72. The second-order valence-electron chi connectivity index (χ2n) is 4.07. The zero-order valence-corrected chi connectivity index (χ0v) is 11.8. The van der Waals surface area contributed by atoms with Crippen LogP contribution < -0.4 is 5.73 Å². The van der Waals surface area contributed by atoms with Crippen LogP contribution >= 0.6 is 23.5 Å². The van der Waals surface area contributed by atoms with Crippen LogP contribution in [0.25, 0.3) is 0 Å². The lowest BCUT2D eigenvalue weighted by Gasteiger charge is -2.33. The number of hydrogen-bond acceptors (Lipinski definition) is 4. The molecule has 0 aromatic rings. The molecule has 0 aliphatic carbocycles. The van der Waals surface area contributed by atoms with Gasteiger partial charge in [0.25, 0.3) is 0 Å². The first-order chi connectivity index (χ1) is 7.69. The first-order valence-electron chi connectivity index (χ1n) is 5.84. The van der Waals surface area contributed by atoms with Gasteiger partial charge >= 0.3 is 0 Å². The van der Waals surface area contributed by atoms with Crippen LogP contribution in [0.3, 0.4) is 0 Å². The van der Waals surface area contributed by atoms with Crippen LogP contribution in [0.15, 0.2) is 0 Å². The van der Waals surface area contributed by atoms with E-state index in [4.69, 9.17) is 5.73 Å². The first-order valence-corrected chi connectivity index (χ1v) is 8.28. The van der Waals surface area contributed by atoms with Crippen molar-refractivity contribution in [1.29, 1.82) is 0 Å². The number of rotatable bonds is 5. The topological polar surface area (TPSA) is 46.3 Å². The molecule has 1 rings (SSSR count). The third-order valence-electron chi connectivity index (χ3n) is 2.86. The van der Waals surface area contributed by atoms with E-state index < -0.39 is 0 Å². The third kappa shape index (κ3) is 4.18. The van der Waals surface area contributed by atoms with Gasteiger partial charge in [0, 0.05) is 24.1 Å². The summed E-state index contributed by atoms with van der Waals surface area (Å²) in [6.45, 7) is 3.93. The van der Waals surface area contributed by atoms with Crippen molar-refractivity contribution in [2.75, 3.05) is 30.9 Å². The van der Waals surface area contributed by atoms with E-state index in [-0.39, 0.29) is 11.9 Å². The zero-order valence-electron chi connectivity index (χ0n) is 10.1. The number of carbonyl (C=O) groups excluding carboxylic acids is 1. The van der Waals surface area contributed by atoms with Gasteiger partial charge in [-0.25, -0.2) is 0 Å². The lowest BCUT2D eigenvalue weighted by molar-refractivity contribution is -0.132. The first kappa shape index (κ1) is 14.2. The molecular weight excluding hydrogens is 240 g/mol. The molecule has 1 amide bonds. The zero-order chi connectivity index (χ0) is 12.0. The largest absolute Gasteiger partial charge is 0.339 e. The van der Waals surface area contributed by atoms with Gasteiger partial charge in [-0.3, -0.25) is 4.79 Å². The van der Waals surface area contributed by atoms with E-state index in [9.17, 15) is 4.79 Å². The van der Waals surface area contributed by atoms with Crippen LogP contribution in [0.4, 0.5) is 0 Å². The van der Waals surface area contributed by atoms with Crippen LogP contribution in [-0.2, 0) is 4.79 Å². The average Bonchev–Trinajstić information content (AvgIpc) is 2.35. The highest BCUT2D eigenvalue weighted by Crippen LogP contribution is 2.21. The Balaban J connectivity index is 2.40. The third-order valence-corrected chi connectivity index (χ3v) is 4.87. The number of carbonyl (C=O) groups is 1. The Kier molecular flexibility index (Phi) is 6.61. The molecule has 2 N–H and O–H groups in total. The fraction of sp³-hybridized carbons (Fsp3) is 0.909. The summed E-state index contributed by atoms with van der Waals surface area (Å²) in [5, 5.41) is 0.602. The summed E-state index contributed by atoms with van der Waals surface area (Å²) in [4.78, 5) is 14.0. The molecule has 1 unspecified atom stereocenters. The Morgan fingerprint density at radius 2 is 2.44 bits per heavy atom. The Morgan fingerprint density at radius 3 is 3.06 bits per heavy atom. The lowest BCUT2D eigenvalue weighted by atomic mass is 10.2. The second kappa shape index (κ2) is 7.45. The molecule has 3 nitrogen and oxygen atoms in total. The van der Waals surface area contributed by atoms with Gasteiger partial charge in [0.2, 0.25) is 5.91 Å². The highest BCUT2D eigenvalue weighted by atomic mass is 32.2. The SMILES string of the molecule is CCC1CN(C(=O)[C@@H](N)CCSC)CCS1. The number of amides is 1. The highest BCUT2D eigenvalue weighted by Gasteiger charge is 2.26. The molecule has 0 spiro atoms. The van der Waals surface area contributed by atoms with Gasteiger partial charge in [-0.15, -0.1) is 0 Å². The molecule has 0 saturated carbocycles. The number of hydrogen-bond donors (Lipinski definition) is 1. The minimum absolute atomic E-state index is 0.146. The van der Waals surface area contributed by atoms with Crippen molar-refractivity contribution >= 4 is 29.4 Å². The Bertz CT molecular complexity index is 226. The van der Waals surface area contributed by atoms with Crippen LogP contribution in [0.5, 0.6) is 0 Å². The maximum Gasteiger partial charge on any atom is 0.239 e. The highest BCUT2D eigenvalue weighted by molar-refractivity contribution is 8.00. The van der Waals surface area contributed by atoms with Crippen LogP contribution in [0, 0.1) is 0 Å². The summed E-state index contributed by atoms with van der Waals surface area (Å²) < 4.78 is 0. The molecule has 16 heavy (non-hydrogen) atoms. The Labute approximate surface area is 107 Å². The molecule has 1 saturated heterocycles. The summed E-state index contributed by atoms with van der Waals surface area (Å²) in [6, 6.07) is -0.298. The van der Waals surface area contributed by atoms with Crippen molar-refractivity contribution in [2.24, 2.45) is 5.73 Å². The van der Waals surface area contributed by atoms with Crippen LogP contribution in [-0.4, -0.2) is 52.9 Å². The van der Waals surface area contributed by atoms with E-state index in [1.165, 1.54) is 0 Å².